The number of rotatable bonds is 6. The van der Waals surface area contributed by atoms with Gasteiger partial charge >= 0.3 is 0 Å². The Balaban J connectivity index is 1.89. The van der Waals surface area contributed by atoms with E-state index in [0.717, 1.165) is 22.9 Å². The molecule has 0 radical (unpaired) electrons. The molecule has 0 bridgehead atoms. The number of hydrogen-bond donors (Lipinski definition) is 0. The van der Waals surface area contributed by atoms with Gasteiger partial charge < -0.3 is 4.74 Å². The Morgan fingerprint density at radius 3 is 2.96 bits per heavy atom. The first-order chi connectivity index (χ1) is 12.2. The molecule has 128 valence electrons. The molecule has 0 aliphatic heterocycles. The summed E-state index contributed by atoms with van der Waals surface area (Å²) >= 11 is 1.42. The fraction of sp³-hybridized carbons (Fsp3) is 0.211. The average molecular weight is 353 g/mol. The monoisotopic (exact) mass is 353 g/mol. The summed E-state index contributed by atoms with van der Waals surface area (Å²) in [4.78, 5) is 22.6. The van der Waals surface area contributed by atoms with Gasteiger partial charge in [0.25, 0.3) is 5.91 Å². The van der Waals surface area contributed by atoms with Gasteiger partial charge in [-0.1, -0.05) is 25.1 Å². The first-order valence-corrected chi connectivity index (χ1v) is 8.95. The maximum absolute atomic E-state index is 12.3. The van der Waals surface area contributed by atoms with Gasteiger partial charge in [-0.15, -0.1) is 11.3 Å². The lowest BCUT2D eigenvalue weighted by molar-refractivity contribution is -0.113. The van der Waals surface area contributed by atoms with E-state index in [-0.39, 0.29) is 5.91 Å². The number of likely N-dealkylation sites (N-methyl/N-ethyl adjacent to an activating group) is 1. The summed E-state index contributed by atoms with van der Waals surface area (Å²) in [5.74, 6) is 0.394. The van der Waals surface area contributed by atoms with Crippen LogP contribution >= 0.6 is 11.3 Å². The second kappa shape index (κ2) is 7.90. The van der Waals surface area contributed by atoms with Crippen molar-refractivity contribution in [3.05, 3.63) is 53.5 Å². The summed E-state index contributed by atoms with van der Waals surface area (Å²) in [7, 11) is 1.71. The van der Waals surface area contributed by atoms with Gasteiger partial charge in [-0.3, -0.25) is 9.69 Å². The van der Waals surface area contributed by atoms with Crippen LogP contribution in [0.15, 0.2) is 48.0 Å². The highest BCUT2D eigenvalue weighted by molar-refractivity contribution is 7.13. The number of benzene rings is 1. The number of amides is 1. The Bertz CT molecular complexity index is 891. The van der Waals surface area contributed by atoms with Gasteiger partial charge in [0.1, 0.15) is 0 Å². The zero-order valence-corrected chi connectivity index (χ0v) is 15.0. The minimum atomic E-state index is -0.149. The van der Waals surface area contributed by atoms with E-state index in [1.54, 1.807) is 19.3 Å². The summed E-state index contributed by atoms with van der Waals surface area (Å²) in [6, 6.07) is 9.84. The minimum Gasteiger partial charge on any atom is -0.477 e. The topological polar surface area (TPSA) is 55.3 Å². The summed E-state index contributed by atoms with van der Waals surface area (Å²) in [5.41, 5.74) is 1.66. The van der Waals surface area contributed by atoms with Crippen LogP contribution in [-0.2, 0) is 4.79 Å². The van der Waals surface area contributed by atoms with Gasteiger partial charge in [-0.2, -0.15) is 0 Å². The van der Waals surface area contributed by atoms with E-state index in [1.807, 2.05) is 42.6 Å². The molecular formula is C19H19N3O2S. The molecule has 5 nitrogen and oxygen atoms in total. The smallest absolute Gasteiger partial charge is 0.252 e. The maximum Gasteiger partial charge on any atom is 0.252 e. The van der Waals surface area contributed by atoms with Crippen molar-refractivity contribution in [1.29, 1.82) is 0 Å². The number of anilines is 1. The third-order valence-corrected chi connectivity index (χ3v) is 4.45. The number of fused-ring (bicyclic) bond motifs is 1. The van der Waals surface area contributed by atoms with E-state index >= 15 is 0 Å². The van der Waals surface area contributed by atoms with Crippen molar-refractivity contribution >= 4 is 39.4 Å². The van der Waals surface area contributed by atoms with Crippen molar-refractivity contribution in [3.8, 4) is 5.88 Å². The number of para-hydroxylation sites is 1. The van der Waals surface area contributed by atoms with Gasteiger partial charge in [-0.05, 0) is 24.6 Å². The molecule has 2 heterocycles. The summed E-state index contributed by atoms with van der Waals surface area (Å²) < 4.78 is 5.76. The van der Waals surface area contributed by atoms with Crippen LogP contribution in [0.1, 0.15) is 18.9 Å². The molecule has 1 amide bonds. The van der Waals surface area contributed by atoms with E-state index in [4.69, 9.17) is 4.74 Å². The van der Waals surface area contributed by atoms with Crippen LogP contribution in [0, 0.1) is 0 Å². The van der Waals surface area contributed by atoms with Crippen LogP contribution in [0.2, 0.25) is 0 Å². The maximum atomic E-state index is 12.3. The number of carbonyl (C=O) groups is 1. The molecule has 0 fully saturated rings. The lowest BCUT2D eigenvalue weighted by atomic mass is 10.1. The van der Waals surface area contributed by atoms with Gasteiger partial charge in [0, 0.05) is 35.7 Å². The number of nitrogens with zero attached hydrogens (tertiary/aromatic N) is 3. The highest BCUT2D eigenvalue weighted by Gasteiger charge is 2.11. The largest absolute Gasteiger partial charge is 0.477 e. The molecule has 0 unspecified atom stereocenters. The zero-order chi connectivity index (χ0) is 17.6. The van der Waals surface area contributed by atoms with Crippen LogP contribution in [-0.4, -0.2) is 29.5 Å². The number of pyridine rings is 1. The van der Waals surface area contributed by atoms with E-state index in [1.165, 1.54) is 22.3 Å². The van der Waals surface area contributed by atoms with Crippen LogP contribution < -0.4 is 9.64 Å². The normalized spacial score (nSPS) is 11.1. The van der Waals surface area contributed by atoms with Gasteiger partial charge in [-0.25, -0.2) is 9.97 Å². The molecular weight excluding hydrogens is 334 g/mol. The van der Waals surface area contributed by atoms with Gasteiger partial charge in [0.15, 0.2) is 5.13 Å². The fourth-order valence-electron chi connectivity index (χ4n) is 2.30. The molecule has 1 aromatic carbocycles. The van der Waals surface area contributed by atoms with Crippen molar-refractivity contribution in [2.75, 3.05) is 18.6 Å². The first-order valence-electron chi connectivity index (χ1n) is 8.07. The minimum absolute atomic E-state index is 0.149. The third kappa shape index (κ3) is 4.03. The SMILES string of the molecule is CCCOc1nc2ccccc2cc1/C=C/C(=O)N(C)c1nccs1. The molecule has 2 aromatic heterocycles. The number of aromatic nitrogens is 2. The first kappa shape index (κ1) is 17.1. The van der Waals surface area contributed by atoms with Crippen molar-refractivity contribution in [1.82, 2.24) is 9.97 Å². The molecule has 0 aliphatic rings. The Labute approximate surface area is 150 Å². The second-order valence-electron chi connectivity index (χ2n) is 5.47. The van der Waals surface area contributed by atoms with Gasteiger partial charge in [0.05, 0.1) is 12.1 Å². The summed E-state index contributed by atoms with van der Waals surface area (Å²) in [5, 5.41) is 3.51. The lowest BCUT2D eigenvalue weighted by Gasteiger charge is -2.11. The van der Waals surface area contributed by atoms with Gasteiger partial charge in [0.2, 0.25) is 5.88 Å². The second-order valence-corrected chi connectivity index (χ2v) is 6.34. The Hall–Kier alpha value is -2.73. The molecule has 0 N–H and O–H groups in total. The Morgan fingerprint density at radius 2 is 2.20 bits per heavy atom. The van der Waals surface area contributed by atoms with Crippen LogP contribution in [0.25, 0.3) is 17.0 Å². The fourth-order valence-corrected chi connectivity index (χ4v) is 2.91. The van der Waals surface area contributed by atoms with Crippen molar-refractivity contribution in [2.24, 2.45) is 0 Å². The average Bonchev–Trinajstić information content (AvgIpc) is 3.18. The van der Waals surface area contributed by atoms with E-state index in [0.29, 0.717) is 17.6 Å². The van der Waals surface area contributed by atoms with Crippen molar-refractivity contribution in [3.63, 3.8) is 0 Å². The van der Waals surface area contributed by atoms with Crippen LogP contribution in [0.5, 0.6) is 5.88 Å². The Kier molecular flexibility index (Phi) is 5.40. The highest BCUT2D eigenvalue weighted by Crippen LogP contribution is 2.24. The molecule has 0 atom stereocenters. The molecule has 3 rings (SSSR count). The summed E-state index contributed by atoms with van der Waals surface area (Å²) in [6.45, 7) is 2.63. The quantitative estimate of drug-likeness (QED) is 0.625. The Morgan fingerprint density at radius 1 is 1.36 bits per heavy atom. The van der Waals surface area contributed by atoms with Crippen LogP contribution in [0.3, 0.4) is 0 Å². The highest BCUT2D eigenvalue weighted by atomic mass is 32.1. The summed E-state index contributed by atoms with van der Waals surface area (Å²) in [6.07, 6.45) is 5.84. The zero-order valence-electron chi connectivity index (χ0n) is 14.2. The standard InChI is InChI=1S/C19H19N3O2S/c1-3-11-24-18-15(13-14-6-4-5-7-16(14)21-18)8-9-17(23)22(2)19-20-10-12-25-19/h4-10,12-13H,3,11H2,1-2H3/b9-8+. The van der Waals surface area contributed by atoms with Crippen molar-refractivity contribution < 1.29 is 9.53 Å². The molecule has 3 aromatic rings. The van der Waals surface area contributed by atoms with E-state index in [2.05, 4.69) is 9.97 Å². The van der Waals surface area contributed by atoms with Crippen molar-refractivity contribution in [2.45, 2.75) is 13.3 Å². The predicted molar refractivity (Wildman–Crippen MR) is 102 cm³/mol. The molecule has 0 saturated heterocycles. The molecule has 0 aliphatic carbocycles. The third-order valence-electron chi connectivity index (χ3n) is 3.60. The number of hydrogen-bond acceptors (Lipinski definition) is 5. The molecule has 25 heavy (non-hydrogen) atoms. The number of ether oxygens (including phenoxy) is 1. The predicted octanol–water partition coefficient (Wildman–Crippen LogP) is 4.16. The number of carbonyl (C=O) groups excluding carboxylic acids is 1. The molecule has 6 heteroatoms. The number of thiazole rings is 1. The lowest BCUT2D eigenvalue weighted by Crippen LogP contribution is -2.23. The molecule has 0 saturated carbocycles. The van der Waals surface area contributed by atoms with Crippen LogP contribution in [0.4, 0.5) is 5.13 Å². The molecule has 0 spiro atoms. The van der Waals surface area contributed by atoms with E-state index < -0.39 is 0 Å². The van der Waals surface area contributed by atoms with E-state index in [9.17, 15) is 4.79 Å².